The monoisotopic (exact) mass is 296 g/mol. The summed E-state index contributed by atoms with van der Waals surface area (Å²) >= 11 is 0. The molecule has 0 saturated heterocycles. The van der Waals surface area contributed by atoms with Gasteiger partial charge in [0, 0.05) is 0 Å². The number of nitriles is 1. The van der Waals surface area contributed by atoms with Crippen molar-refractivity contribution >= 4 is 17.7 Å². The maximum atomic E-state index is 13.5. The summed E-state index contributed by atoms with van der Waals surface area (Å²) in [7, 11) is 1.55. The van der Waals surface area contributed by atoms with Crippen LogP contribution in [0.4, 0.5) is 10.1 Å². The quantitative estimate of drug-likeness (QED) is 0.695. The first-order valence-corrected chi connectivity index (χ1v) is 6.46. The first kappa shape index (κ1) is 15.3. The molecule has 22 heavy (non-hydrogen) atoms. The molecule has 0 aliphatic rings. The Bertz CT molecular complexity index is 746. The summed E-state index contributed by atoms with van der Waals surface area (Å²) in [6.07, 6.45) is 1.43. The first-order chi connectivity index (χ1) is 10.6. The van der Waals surface area contributed by atoms with Gasteiger partial charge in [0.25, 0.3) is 5.91 Å². The lowest BCUT2D eigenvalue weighted by atomic mass is 10.1. The molecule has 0 aliphatic carbocycles. The highest BCUT2D eigenvalue weighted by atomic mass is 19.1. The smallest absolute Gasteiger partial charge is 0.266 e. The fourth-order valence-electron chi connectivity index (χ4n) is 1.77. The predicted octanol–water partition coefficient (Wildman–Crippen LogP) is 3.38. The van der Waals surface area contributed by atoms with Gasteiger partial charge in [-0.2, -0.15) is 5.26 Å². The van der Waals surface area contributed by atoms with Crippen molar-refractivity contribution in [2.45, 2.75) is 0 Å². The van der Waals surface area contributed by atoms with Crippen molar-refractivity contribution in [2.24, 2.45) is 0 Å². The van der Waals surface area contributed by atoms with Gasteiger partial charge >= 0.3 is 0 Å². The zero-order valence-corrected chi connectivity index (χ0v) is 11.8. The second-order valence-corrected chi connectivity index (χ2v) is 4.38. The van der Waals surface area contributed by atoms with E-state index in [1.54, 1.807) is 37.4 Å². The molecular weight excluding hydrogens is 283 g/mol. The van der Waals surface area contributed by atoms with Crippen molar-refractivity contribution in [2.75, 3.05) is 12.4 Å². The van der Waals surface area contributed by atoms with Crippen LogP contribution in [0.5, 0.6) is 5.75 Å². The van der Waals surface area contributed by atoms with Gasteiger partial charge < -0.3 is 10.1 Å². The molecule has 4 nitrogen and oxygen atoms in total. The largest absolute Gasteiger partial charge is 0.497 e. The van der Waals surface area contributed by atoms with E-state index in [0.717, 1.165) is 0 Å². The lowest BCUT2D eigenvalue weighted by molar-refractivity contribution is -0.112. The summed E-state index contributed by atoms with van der Waals surface area (Å²) in [5.41, 5.74) is 0.581. The Morgan fingerprint density at radius 2 is 1.91 bits per heavy atom. The summed E-state index contributed by atoms with van der Waals surface area (Å²) in [4.78, 5) is 12.0. The maximum Gasteiger partial charge on any atom is 0.266 e. The lowest BCUT2D eigenvalue weighted by Gasteiger charge is -2.05. The molecule has 0 aromatic heterocycles. The first-order valence-electron chi connectivity index (χ1n) is 6.46. The van der Waals surface area contributed by atoms with Gasteiger partial charge in [0.05, 0.1) is 12.8 Å². The summed E-state index contributed by atoms with van der Waals surface area (Å²) < 4.78 is 18.5. The van der Waals surface area contributed by atoms with Gasteiger partial charge in [-0.15, -0.1) is 0 Å². The molecule has 2 aromatic carbocycles. The molecule has 0 heterocycles. The van der Waals surface area contributed by atoms with Gasteiger partial charge in [0.1, 0.15) is 23.2 Å². The number of hydrogen-bond donors (Lipinski definition) is 1. The van der Waals surface area contributed by atoms with Crippen molar-refractivity contribution in [1.29, 1.82) is 5.26 Å². The SMILES string of the molecule is COc1ccc(/C=C(\C#N)C(=O)Nc2ccccc2F)cc1. The Morgan fingerprint density at radius 3 is 2.50 bits per heavy atom. The maximum absolute atomic E-state index is 13.5. The van der Waals surface area contributed by atoms with Crippen LogP contribution in [0.3, 0.4) is 0 Å². The Balaban J connectivity index is 2.20. The number of halogens is 1. The van der Waals surface area contributed by atoms with Crippen LogP contribution in [0, 0.1) is 17.1 Å². The van der Waals surface area contributed by atoms with Crippen LogP contribution in [0.1, 0.15) is 5.56 Å². The summed E-state index contributed by atoms with van der Waals surface area (Å²) in [5, 5.41) is 11.5. The number of benzene rings is 2. The van der Waals surface area contributed by atoms with Crippen LogP contribution < -0.4 is 10.1 Å². The number of nitrogens with zero attached hydrogens (tertiary/aromatic N) is 1. The normalized spacial score (nSPS) is 10.7. The molecule has 0 bridgehead atoms. The van der Waals surface area contributed by atoms with Gasteiger partial charge in [0.2, 0.25) is 0 Å². The molecule has 1 amide bonds. The van der Waals surface area contributed by atoms with Gasteiger partial charge in [-0.1, -0.05) is 24.3 Å². The number of para-hydroxylation sites is 1. The fraction of sp³-hybridized carbons (Fsp3) is 0.0588. The topological polar surface area (TPSA) is 62.1 Å². The number of hydrogen-bond acceptors (Lipinski definition) is 3. The number of methoxy groups -OCH3 is 1. The van der Waals surface area contributed by atoms with E-state index in [-0.39, 0.29) is 11.3 Å². The van der Waals surface area contributed by atoms with E-state index in [1.165, 1.54) is 24.3 Å². The van der Waals surface area contributed by atoms with Crippen molar-refractivity contribution in [3.05, 3.63) is 65.5 Å². The number of carbonyl (C=O) groups is 1. The van der Waals surface area contributed by atoms with Crippen LogP contribution in [0.15, 0.2) is 54.1 Å². The fourth-order valence-corrected chi connectivity index (χ4v) is 1.77. The van der Waals surface area contributed by atoms with Gasteiger partial charge in [0.15, 0.2) is 0 Å². The molecule has 0 saturated carbocycles. The minimum Gasteiger partial charge on any atom is -0.497 e. The molecule has 0 radical (unpaired) electrons. The zero-order valence-electron chi connectivity index (χ0n) is 11.8. The average molecular weight is 296 g/mol. The van der Waals surface area contributed by atoms with Crippen LogP contribution in [-0.4, -0.2) is 13.0 Å². The third kappa shape index (κ3) is 3.70. The third-order valence-electron chi connectivity index (χ3n) is 2.91. The van der Waals surface area contributed by atoms with E-state index < -0.39 is 11.7 Å². The highest BCUT2D eigenvalue weighted by Crippen LogP contribution is 2.16. The Morgan fingerprint density at radius 1 is 1.23 bits per heavy atom. The van der Waals surface area contributed by atoms with Crippen molar-refractivity contribution in [3.63, 3.8) is 0 Å². The highest BCUT2D eigenvalue weighted by molar-refractivity contribution is 6.09. The average Bonchev–Trinajstić information content (AvgIpc) is 2.55. The second kappa shape index (κ2) is 7.04. The number of rotatable bonds is 4. The standard InChI is InChI=1S/C17H13FN2O2/c1-22-14-8-6-12(7-9-14)10-13(11-19)17(21)20-16-5-3-2-4-15(16)18/h2-10H,1H3,(H,20,21)/b13-10+. The van der Waals surface area contributed by atoms with Crippen LogP contribution in [0.25, 0.3) is 6.08 Å². The molecule has 1 N–H and O–H groups in total. The van der Waals surface area contributed by atoms with E-state index in [2.05, 4.69) is 5.32 Å². The Kier molecular flexibility index (Phi) is 4.89. The predicted molar refractivity (Wildman–Crippen MR) is 81.6 cm³/mol. The number of ether oxygens (including phenoxy) is 1. The number of nitrogens with one attached hydrogen (secondary N) is 1. The van der Waals surface area contributed by atoms with E-state index >= 15 is 0 Å². The van der Waals surface area contributed by atoms with Gasteiger partial charge in [-0.3, -0.25) is 4.79 Å². The van der Waals surface area contributed by atoms with Crippen LogP contribution >= 0.6 is 0 Å². The molecule has 5 heteroatoms. The summed E-state index contributed by atoms with van der Waals surface area (Å²) in [6, 6.07) is 14.4. The van der Waals surface area contributed by atoms with Gasteiger partial charge in [-0.05, 0) is 35.9 Å². The van der Waals surface area contributed by atoms with E-state index in [0.29, 0.717) is 11.3 Å². The molecule has 0 fully saturated rings. The molecule has 0 atom stereocenters. The van der Waals surface area contributed by atoms with Crippen LogP contribution in [0.2, 0.25) is 0 Å². The minimum absolute atomic E-state index is 0.0309. The third-order valence-corrected chi connectivity index (χ3v) is 2.91. The number of amides is 1. The minimum atomic E-state index is -0.664. The zero-order chi connectivity index (χ0) is 15.9. The number of anilines is 1. The van der Waals surface area contributed by atoms with Gasteiger partial charge in [-0.25, -0.2) is 4.39 Å². The van der Waals surface area contributed by atoms with E-state index in [9.17, 15) is 9.18 Å². The molecule has 2 rings (SSSR count). The van der Waals surface area contributed by atoms with E-state index in [4.69, 9.17) is 10.00 Å². The van der Waals surface area contributed by atoms with E-state index in [1.807, 2.05) is 6.07 Å². The molecule has 110 valence electrons. The second-order valence-electron chi connectivity index (χ2n) is 4.38. The molecule has 0 unspecified atom stereocenters. The highest BCUT2D eigenvalue weighted by Gasteiger charge is 2.11. The summed E-state index contributed by atoms with van der Waals surface area (Å²) in [6.45, 7) is 0. The van der Waals surface area contributed by atoms with Crippen molar-refractivity contribution < 1.29 is 13.9 Å². The Labute approximate surface area is 127 Å². The Hall–Kier alpha value is -3.13. The molecule has 2 aromatic rings. The van der Waals surface area contributed by atoms with Crippen LogP contribution in [-0.2, 0) is 4.79 Å². The van der Waals surface area contributed by atoms with Crippen molar-refractivity contribution in [1.82, 2.24) is 0 Å². The summed E-state index contributed by atoms with van der Waals surface area (Å²) in [5.74, 6) is -0.549. The number of carbonyl (C=O) groups excluding carboxylic acids is 1. The van der Waals surface area contributed by atoms with Crippen molar-refractivity contribution in [3.8, 4) is 11.8 Å². The molecular formula is C17H13FN2O2. The molecule has 0 spiro atoms. The molecule has 0 aliphatic heterocycles. The lowest BCUT2D eigenvalue weighted by Crippen LogP contribution is -2.14.